The molecule has 1 amide bonds. The predicted molar refractivity (Wildman–Crippen MR) is 86.5 cm³/mol. The molecule has 0 radical (unpaired) electrons. The molecule has 1 saturated heterocycles. The minimum Gasteiger partial charge on any atom is -0.481 e. The number of carboxylic acid groups (broad SMARTS) is 1. The van der Waals surface area contributed by atoms with Gasteiger partial charge in [-0.15, -0.1) is 0 Å². The molecule has 6 nitrogen and oxygen atoms in total. The van der Waals surface area contributed by atoms with E-state index in [1.165, 1.54) is 0 Å². The molecule has 3 atom stereocenters. The van der Waals surface area contributed by atoms with Crippen molar-refractivity contribution in [1.29, 1.82) is 0 Å². The maximum absolute atomic E-state index is 12.8. The number of rotatable bonds is 3. The van der Waals surface area contributed by atoms with Gasteiger partial charge in [-0.3, -0.25) is 9.59 Å². The first-order valence-electron chi connectivity index (χ1n) is 8.40. The van der Waals surface area contributed by atoms with E-state index in [1.54, 1.807) is 4.90 Å². The SMILES string of the molecule is O=C(C1CC(c2ccccc2)=NO1)N1C[C@@H]2CCC[C@@]2(C(=O)O)C1. The van der Waals surface area contributed by atoms with E-state index >= 15 is 0 Å². The number of benzene rings is 1. The Morgan fingerprint density at radius 3 is 2.79 bits per heavy atom. The Morgan fingerprint density at radius 1 is 1.29 bits per heavy atom. The van der Waals surface area contributed by atoms with Gasteiger partial charge in [0, 0.05) is 19.5 Å². The quantitative estimate of drug-likeness (QED) is 0.919. The molecule has 4 rings (SSSR count). The lowest BCUT2D eigenvalue weighted by atomic mass is 9.81. The monoisotopic (exact) mass is 328 g/mol. The van der Waals surface area contributed by atoms with E-state index in [9.17, 15) is 14.7 Å². The fraction of sp³-hybridized carbons (Fsp3) is 0.500. The Balaban J connectivity index is 1.44. The van der Waals surface area contributed by atoms with Crippen molar-refractivity contribution < 1.29 is 19.5 Å². The molecule has 126 valence electrons. The van der Waals surface area contributed by atoms with Gasteiger partial charge in [-0.2, -0.15) is 0 Å². The van der Waals surface area contributed by atoms with Crippen molar-refractivity contribution in [1.82, 2.24) is 4.90 Å². The molecule has 0 aromatic heterocycles. The zero-order valence-electron chi connectivity index (χ0n) is 13.4. The van der Waals surface area contributed by atoms with Gasteiger partial charge >= 0.3 is 5.97 Å². The Morgan fingerprint density at radius 2 is 2.08 bits per heavy atom. The molecular weight excluding hydrogens is 308 g/mol. The second-order valence-electron chi connectivity index (χ2n) is 6.97. The normalized spacial score (nSPS) is 31.5. The summed E-state index contributed by atoms with van der Waals surface area (Å²) in [4.78, 5) is 31.5. The Bertz CT molecular complexity index is 702. The van der Waals surface area contributed by atoms with Crippen molar-refractivity contribution in [3.05, 3.63) is 35.9 Å². The number of nitrogens with zero attached hydrogens (tertiary/aromatic N) is 2. The van der Waals surface area contributed by atoms with Gasteiger partial charge in [0.1, 0.15) is 0 Å². The lowest BCUT2D eigenvalue weighted by Gasteiger charge is -2.24. The highest BCUT2D eigenvalue weighted by molar-refractivity contribution is 6.04. The molecule has 1 N–H and O–H groups in total. The summed E-state index contributed by atoms with van der Waals surface area (Å²) in [5.41, 5.74) is 0.964. The molecule has 1 aromatic carbocycles. The Hall–Kier alpha value is -2.37. The van der Waals surface area contributed by atoms with Crippen LogP contribution in [0.15, 0.2) is 35.5 Å². The number of likely N-dealkylation sites (tertiary alicyclic amines) is 1. The summed E-state index contributed by atoms with van der Waals surface area (Å²) in [6, 6.07) is 9.65. The highest BCUT2D eigenvalue weighted by atomic mass is 16.6. The van der Waals surface area contributed by atoms with Crippen LogP contribution in [0.2, 0.25) is 0 Å². The number of carbonyl (C=O) groups excluding carboxylic acids is 1. The maximum atomic E-state index is 12.8. The maximum Gasteiger partial charge on any atom is 0.311 e. The first kappa shape index (κ1) is 15.2. The van der Waals surface area contributed by atoms with Crippen LogP contribution in [-0.4, -0.2) is 46.8 Å². The molecular formula is C18H20N2O4. The minimum atomic E-state index is -0.770. The fourth-order valence-corrected chi connectivity index (χ4v) is 4.32. The number of carboxylic acids is 1. The van der Waals surface area contributed by atoms with Crippen LogP contribution in [0.5, 0.6) is 0 Å². The van der Waals surface area contributed by atoms with Crippen molar-refractivity contribution in [2.75, 3.05) is 13.1 Å². The summed E-state index contributed by atoms with van der Waals surface area (Å²) in [5.74, 6) is -0.844. The molecule has 24 heavy (non-hydrogen) atoms. The second-order valence-corrected chi connectivity index (χ2v) is 6.97. The third kappa shape index (κ3) is 2.28. The summed E-state index contributed by atoms with van der Waals surface area (Å²) in [5, 5.41) is 13.7. The Kier molecular flexibility index (Phi) is 3.55. The van der Waals surface area contributed by atoms with Gasteiger partial charge in [0.15, 0.2) is 0 Å². The lowest BCUT2D eigenvalue weighted by Crippen LogP contribution is -2.41. The van der Waals surface area contributed by atoms with Crippen LogP contribution >= 0.6 is 0 Å². The van der Waals surface area contributed by atoms with Crippen molar-refractivity contribution in [3.8, 4) is 0 Å². The topological polar surface area (TPSA) is 79.2 Å². The number of fused-ring (bicyclic) bond motifs is 1. The van der Waals surface area contributed by atoms with E-state index < -0.39 is 17.5 Å². The number of carbonyl (C=O) groups is 2. The van der Waals surface area contributed by atoms with Crippen LogP contribution in [0.4, 0.5) is 0 Å². The van der Waals surface area contributed by atoms with Crippen molar-refractivity contribution >= 4 is 17.6 Å². The smallest absolute Gasteiger partial charge is 0.311 e. The van der Waals surface area contributed by atoms with Gasteiger partial charge in [0.25, 0.3) is 5.91 Å². The average molecular weight is 328 g/mol. The summed E-state index contributed by atoms with van der Waals surface area (Å²) in [7, 11) is 0. The van der Waals surface area contributed by atoms with E-state index in [0.29, 0.717) is 25.9 Å². The van der Waals surface area contributed by atoms with Gasteiger partial charge < -0.3 is 14.8 Å². The predicted octanol–water partition coefficient (Wildman–Crippen LogP) is 1.89. The zero-order valence-corrected chi connectivity index (χ0v) is 13.4. The van der Waals surface area contributed by atoms with Crippen LogP contribution in [0.25, 0.3) is 0 Å². The average Bonchev–Trinajstić information content (AvgIpc) is 3.29. The van der Waals surface area contributed by atoms with Gasteiger partial charge in [-0.05, 0) is 24.3 Å². The van der Waals surface area contributed by atoms with Crippen molar-refractivity contribution in [2.24, 2.45) is 16.5 Å². The summed E-state index contributed by atoms with van der Waals surface area (Å²) in [6.45, 7) is 0.817. The molecule has 1 saturated carbocycles. The summed E-state index contributed by atoms with van der Waals surface area (Å²) in [6.07, 6.45) is 2.27. The van der Waals surface area contributed by atoms with E-state index in [2.05, 4.69) is 5.16 Å². The van der Waals surface area contributed by atoms with E-state index in [4.69, 9.17) is 4.84 Å². The van der Waals surface area contributed by atoms with Crippen LogP contribution in [0.1, 0.15) is 31.2 Å². The van der Waals surface area contributed by atoms with E-state index in [-0.39, 0.29) is 11.8 Å². The molecule has 0 bridgehead atoms. The third-order valence-electron chi connectivity index (χ3n) is 5.66. The first-order valence-corrected chi connectivity index (χ1v) is 8.40. The van der Waals surface area contributed by atoms with Crippen LogP contribution in [0, 0.1) is 11.3 Å². The van der Waals surface area contributed by atoms with Gasteiger partial charge in [-0.25, -0.2) is 0 Å². The van der Waals surface area contributed by atoms with Crippen molar-refractivity contribution in [3.63, 3.8) is 0 Å². The number of hydrogen-bond donors (Lipinski definition) is 1. The molecule has 2 heterocycles. The third-order valence-corrected chi connectivity index (χ3v) is 5.66. The van der Waals surface area contributed by atoms with Gasteiger partial charge in [-0.1, -0.05) is 41.9 Å². The van der Waals surface area contributed by atoms with Gasteiger partial charge in [0.2, 0.25) is 6.10 Å². The second kappa shape index (κ2) is 5.61. The number of aliphatic carboxylic acids is 1. The molecule has 6 heteroatoms. The van der Waals surface area contributed by atoms with Crippen molar-refractivity contribution in [2.45, 2.75) is 31.8 Å². The molecule has 1 unspecified atom stereocenters. The fourth-order valence-electron chi connectivity index (χ4n) is 4.32. The molecule has 0 spiro atoms. The first-order chi connectivity index (χ1) is 11.6. The highest BCUT2D eigenvalue weighted by Gasteiger charge is 2.56. The van der Waals surface area contributed by atoms with Crippen LogP contribution in [-0.2, 0) is 14.4 Å². The minimum absolute atomic E-state index is 0.0647. The molecule has 2 aliphatic heterocycles. The van der Waals surface area contributed by atoms with Crippen LogP contribution < -0.4 is 0 Å². The molecule has 1 aliphatic carbocycles. The number of hydrogen-bond acceptors (Lipinski definition) is 4. The molecule has 1 aromatic rings. The lowest BCUT2D eigenvalue weighted by molar-refractivity contribution is -0.150. The number of amides is 1. The van der Waals surface area contributed by atoms with Crippen LogP contribution in [0.3, 0.4) is 0 Å². The summed E-state index contributed by atoms with van der Waals surface area (Å²) >= 11 is 0. The molecule has 3 aliphatic rings. The standard InChI is InChI=1S/C18H20N2O4/c21-16(15-9-14(19-24-15)12-5-2-1-3-6-12)20-10-13-7-4-8-18(13,11-20)17(22)23/h1-3,5-6,13,15H,4,7-11H2,(H,22,23)/t13-,15?,18+/m0/s1. The Labute approximate surface area is 140 Å². The zero-order chi connectivity index (χ0) is 16.7. The van der Waals surface area contributed by atoms with E-state index in [0.717, 1.165) is 24.1 Å². The summed E-state index contributed by atoms with van der Waals surface area (Å²) < 4.78 is 0. The van der Waals surface area contributed by atoms with E-state index in [1.807, 2.05) is 30.3 Å². The van der Waals surface area contributed by atoms with Gasteiger partial charge in [0.05, 0.1) is 11.1 Å². The number of oxime groups is 1. The largest absolute Gasteiger partial charge is 0.481 e. The highest BCUT2D eigenvalue weighted by Crippen LogP contribution is 2.49. The molecule has 2 fully saturated rings.